The Balaban J connectivity index is 0.00000288. The molecule has 5 heteroatoms. The highest BCUT2D eigenvalue weighted by Gasteiger charge is 2.22. The maximum absolute atomic E-state index is 12.4. The van der Waals surface area contributed by atoms with E-state index in [9.17, 15) is 4.79 Å². The number of anilines is 1. The minimum absolute atomic E-state index is 0. The summed E-state index contributed by atoms with van der Waals surface area (Å²) < 4.78 is 5.78. The van der Waals surface area contributed by atoms with E-state index in [0.29, 0.717) is 24.9 Å². The van der Waals surface area contributed by atoms with Crippen LogP contribution in [0.3, 0.4) is 0 Å². The van der Waals surface area contributed by atoms with E-state index in [0.717, 1.165) is 37.4 Å². The van der Waals surface area contributed by atoms with Crippen molar-refractivity contribution in [3.63, 3.8) is 0 Å². The Morgan fingerprint density at radius 2 is 2.04 bits per heavy atom. The van der Waals surface area contributed by atoms with E-state index < -0.39 is 0 Å². The third-order valence-corrected chi connectivity index (χ3v) is 4.61. The zero-order valence-corrected chi connectivity index (χ0v) is 15.7. The number of hydrogen-bond acceptors (Lipinski definition) is 3. The number of carbonyl (C=O) groups is 1. The van der Waals surface area contributed by atoms with E-state index in [4.69, 9.17) is 4.74 Å². The molecule has 136 valence electrons. The summed E-state index contributed by atoms with van der Waals surface area (Å²) in [5.41, 5.74) is 0.783. The normalized spacial score (nSPS) is 16.1. The van der Waals surface area contributed by atoms with Gasteiger partial charge in [0.15, 0.2) is 0 Å². The summed E-state index contributed by atoms with van der Waals surface area (Å²) in [6.45, 7) is 7.17. The number of rotatable bonds is 8. The Morgan fingerprint density at radius 3 is 2.75 bits per heavy atom. The Labute approximate surface area is 152 Å². The first-order chi connectivity index (χ1) is 11.2. The molecule has 1 aliphatic heterocycles. The Hall–Kier alpha value is -1.26. The number of nitrogens with one attached hydrogen (secondary N) is 2. The van der Waals surface area contributed by atoms with Gasteiger partial charge in [-0.05, 0) is 56.3 Å². The number of ether oxygens (including phenoxy) is 1. The van der Waals surface area contributed by atoms with Gasteiger partial charge in [-0.3, -0.25) is 4.79 Å². The van der Waals surface area contributed by atoms with Crippen molar-refractivity contribution in [2.75, 3.05) is 25.0 Å². The summed E-state index contributed by atoms with van der Waals surface area (Å²) >= 11 is 0. The smallest absolute Gasteiger partial charge is 0.224 e. The predicted octanol–water partition coefficient (Wildman–Crippen LogP) is 4.25. The first-order valence-corrected chi connectivity index (χ1v) is 8.93. The fourth-order valence-electron chi connectivity index (χ4n) is 3.10. The Bertz CT molecular complexity index is 490. The molecule has 2 rings (SSSR count). The van der Waals surface area contributed by atoms with Gasteiger partial charge in [0.1, 0.15) is 5.75 Å². The van der Waals surface area contributed by atoms with Gasteiger partial charge in [0.2, 0.25) is 5.91 Å². The number of piperidine rings is 1. The van der Waals surface area contributed by atoms with E-state index in [1.54, 1.807) is 0 Å². The minimum atomic E-state index is 0. The van der Waals surface area contributed by atoms with Crippen molar-refractivity contribution in [3.05, 3.63) is 24.3 Å². The second-order valence-electron chi connectivity index (χ2n) is 6.52. The number of hydrogen-bond donors (Lipinski definition) is 2. The maximum atomic E-state index is 12.4. The van der Waals surface area contributed by atoms with Crippen molar-refractivity contribution in [2.45, 2.75) is 46.0 Å². The highest BCUT2D eigenvalue weighted by molar-refractivity contribution is 5.92. The molecule has 1 amide bonds. The molecule has 1 aliphatic rings. The monoisotopic (exact) mass is 354 g/mol. The fraction of sp³-hybridized carbons (Fsp3) is 0.632. The van der Waals surface area contributed by atoms with Gasteiger partial charge in [0, 0.05) is 6.42 Å². The van der Waals surface area contributed by atoms with Crippen LogP contribution in [0.2, 0.25) is 0 Å². The second-order valence-corrected chi connectivity index (χ2v) is 6.52. The lowest BCUT2D eigenvalue weighted by Crippen LogP contribution is -2.32. The summed E-state index contributed by atoms with van der Waals surface area (Å²) in [6, 6.07) is 7.70. The van der Waals surface area contributed by atoms with E-state index in [1.807, 2.05) is 24.3 Å². The number of halogens is 1. The average molecular weight is 355 g/mol. The van der Waals surface area contributed by atoms with Crippen LogP contribution in [-0.4, -0.2) is 25.6 Å². The van der Waals surface area contributed by atoms with E-state index in [2.05, 4.69) is 24.5 Å². The molecule has 0 spiro atoms. The first kappa shape index (κ1) is 20.8. The molecule has 24 heavy (non-hydrogen) atoms. The molecule has 1 heterocycles. The molecule has 4 nitrogen and oxygen atoms in total. The lowest BCUT2D eigenvalue weighted by molar-refractivity contribution is -0.117. The molecule has 2 N–H and O–H groups in total. The quantitative estimate of drug-likeness (QED) is 0.686. The van der Waals surface area contributed by atoms with Gasteiger partial charge in [0.25, 0.3) is 0 Å². The number of carbonyl (C=O) groups excluding carboxylic acids is 1. The van der Waals surface area contributed by atoms with Crippen LogP contribution in [0.15, 0.2) is 24.3 Å². The molecular formula is C19H31ClN2O2. The molecule has 0 aliphatic carbocycles. The topological polar surface area (TPSA) is 50.4 Å². The summed E-state index contributed by atoms with van der Waals surface area (Å²) in [7, 11) is 0. The van der Waals surface area contributed by atoms with Gasteiger partial charge >= 0.3 is 0 Å². The lowest BCUT2D eigenvalue weighted by atomic mass is 9.84. The van der Waals surface area contributed by atoms with Gasteiger partial charge in [-0.25, -0.2) is 0 Å². The standard InChI is InChI=1S/C19H30N2O2.ClH/c1-3-4-13-23-18-8-6-5-7-17(18)21-19(22)14-15(2)16-9-11-20-12-10-16;/h5-8,15-16,20H,3-4,9-14H2,1-2H3,(H,21,22);1H. The van der Waals surface area contributed by atoms with Crippen molar-refractivity contribution in [2.24, 2.45) is 11.8 Å². The van der Waals surface area contributed by atoms with Crippen LogP contribution in [-0.2, 0) is 4.79 Å². The molecule has 0 saturated carbocycles. The van der Waals surface area contributed by atoms with Crippen LogP contribution in [0.1, 0.15) is 46.0 Å². The van der Waals surface area contributed by atoms with E-state index in [1.165, 1.54) is 12.8 Å². The number of unbranched alkanes of at least 4 members (excludes halogenated alkanes) is 1. The van der Waals surface area contributed by atoms with Crippen molar-refractivity contribution >= 4 is 24.0 Å². The van der Waals surface area contributed by atoms with Crippen molar-refractivity contribution < 1.29 is 9.53 Å². The predicted molar refractivity (Wildman–Crippen MR) is 102 cm³/mol. The minimum Gasteiger partial charge on any atom is -0.491 e. The molecular weight excluding hydrogens is 324 g/mol. The number of amides is 1. The highest BCUT2D eigenvalue weighted by atomic mass is 35.5. The van der Waals surface area contributed by atoms with Gasteiger partial charge in [-0.15, -0.1) is 12.4 Å². The van der Waals surface area contributed by atoms with Gasteiger partial charge in [0.05, 0.1) is 12.3 Å². The van der Waals surface area contributed by atoms with Crippen LogP contribution in [0.25, 0.3) is 0 Å². The SMILES string of the molecule is CCCCOc1ccccc1NC(=O)CC(C)C1CCNCC1.Cl. The van der Waals surface area contributed by atoms with Crippen LogP contribution in [0.4, 0.5) is 5.69 Å². The molecule has 1 fully saturated rings. The molecule has 1 unspecified atom stereocenters. The molecule has 1 aromatic carbocycles. The zero-order chi connectivity index (χ0) is 16.5. The van der Waals surface area contributed by atoms with Crippen molar-refractivity contribution in [3.8, 4) is 5.75 Å². The number of benzene rings is 1. The summed E-state index contributed by atoms with van der Waals surface area (Å²) in [6.07, 6.45) is 5.04. The molecule has 1 aromatic rings. The Morgan fingerprint density at radius 1 is 1.33 bits per heavy atom. The summed E-state index contributed by atoms with van der Waals surface area (Å²) in [4.78, 5) is 12.4. The number of para-hydroxylation sites is 2. The largest absolute Gasteiger partial charge is 0.491 e. The van der Waals surface area contributed by atoms with Crippen LogP contribution in [0.5, 0.6) is 5.75 Å². The third-order valence-electron chi connectivity index (χ3n) is 4.61. The van der Waals surface area contributed by atoms with E-state index >= 15 is 0 Å². The molecule has 0 radical (unpaired) electrons. The summed E-state index contributed by atoms with van der Waals surface area (Å²) in [5, 5.41) is 6.41. The van der Waals surface area contributed by atoms with E-state index in [-0.39, 0.29) is 18.3 Å². The highest BCUT2D eigenvalue weighted by Crippen LogP contribution is 2.27. The Kier molecular flexibility index (Phi) is 9.80. The zero-order valence-electron chi connectivity index (χ0n) is 14.8. The average Bonchev–Trinajstić information content (AvgIpc) is 2.57. The van der Waals surface area contributed by atoms with Crippen LogP contribution >= 0.6 is 12.4 Å². The van der Waals surface area contributed by atoms with Crippen LogP contribution in [0, 0.1) is 11.8 Å². The molecule has 0 aromatic heterocycles. The molecule has 1 saturated heterocycles. The van der Waals surface area contributed by atoms with Gasteiger partial charge < -0.3 is 15.4 Å². The third kappa shape index (κ3) is 6.70. The van der Waals surface area contributed by atoms with Gasteiger partial charge in [-0.2, -0.15) is 0 Å². The van der Waals surface area contributed by atoms with Crippen LogP contribution < -0.4 is 15.4 Å². The molecule has 1 atom stereocenters. The van der Waals surface area contributed by atoms with Crippen molar-refractivity contribution in [1.82, 2.24) is 5.32 Å². The maximum Gasteiger partial charge on any atom is 0.224 e. The fourth-order valence-corrected chi connectivity index (χ4v) is 3.10. The lowest BCUT2D eigenvalue weighted by Gasteiger charge is -2.28. The summed E-state index contributed by atoms with van der Waals surface area (Å²) in [5.74, 6) is 1.93. The molecule has 0 bridgehead atoms. The van der Waals surface area contributed by atoms with Gasteiger partial charge in [-0.1, -0.05) is 32.4 Å². The van der Waals surface area contributed by atoms with Crippen molar-refractivity contribution in [1.29, 1.82) is 0 Å². The second kappa shape index (κ2) is 11.3. The first-order valence-electron chi connectivity index (χ1n) is 8.93.